The van der Waals surface area contributed by atoms with Crippen LogP contribution in [0.15, 0.2) is 24.4 Å². The van der Waals surface area contributed by atoms with Crippen LogP contribution >= 0.6 is 0 Å². The van der Waals surface area contributed by atoms with E-state index in [4.69, 9.17) is 0 Å². The van der Waals surface area contributed by atoms with E-state index in [0.29, 0.717) is 11.5 Å². The lowest BCUT2D eigenvalue weighted by Crippen LogP contribution is -2.06. The van der Waals surface area contributed by atoms with Gasteiger partial charge in [-0.25, -0.2) is 14.4 Å². The summed E-state index contributed by atoms with van der Waals surface area (Å²) in [4.78, 5) is 8.73. The van der Waals surface area contributed by atoms with Gasteiger partial charge in [-0.3, -0.25) is 0 Å². The number of halogens is 1. The van der Waals surface area contributed by atoms with Gasteiger partial charge in [0.2, 0.25) is 5.95 Å². The van der Waals surface area contributed by atoms with Crippen molar-refractivity contribution < 1.29 is 4.39 Å². The normalized spacial score (nSPS) is 10.5. The van der Waals surface area contributed by atoms with E-state index in [1.165, 1.54) is 6.07 Å². The van der Waals surface area contributed by atoms with Crippen LogP contribution in [0.25, 0.3) is 11.3 Å². The Morgan fingerprint density at radius 3 is 2.79 bits per heavy atom. The van der Waals surface area contributed by atoms with E-state index in [-0.39, 0.29) is 5.82 Å². The average Bonchev–Trinajstić information content (AvgIpc) is 2.41. The average molecular weight is 259 g/mol. The van der Waals surface area contributed by atoms with E-state index >= 15 is 0 Å². The van der Waals surface area contributed by atoms with Gasteiger partial charge in [0, 0.05) is 18.3 Å². The Morgan fingerprint density at radius 1 is 1.26 bits per heavy atom. The van der Waals surface area contributed by atoms with Crippen LogP contribution in [0.4, 0.5) is 10.3 Å². The molecule has 1 heterocycles. The summed E-state index contributed by atoms with van der Waals surface area (Å²) in [6.07, 6.45) is 2.77. The fourth-order valence-corrected chi connectivity index (χ4v) is 1.90. The summed E-state index contributed by atoms with van der Waals surface area (Å²) in [5.74, 6) is 0.379. The zero-order chi connectivity index (χ0) is 13.8. The summed E-state index contributed by atoms with van der Waals surface area (Å²) in [6, 6.07) is 5.06. The first-order chi connectivity index (χ1) is 9.13. The van der Waals surface area contributed by atoms with Crippen LogP contribution in [-0.4, -0.2) is 16.5 Å². The number of aryl methyl sites for hydroxylation is 1. The fraction of sp³-hybridized carbons (Fsp3) is 0.333. The largest absolute Gasteiger partial charge is 0.354 e. The SMILES string of the molecule is CCCNc1ncc(C)c(-c2cccc(F)c2C)n1. The molecule has 0 aliphatic carbocycles. The molecule has 0 saturated carbocycles. The van der Waals surface area contributed by atoms with Gasteiger partial charge in [0.1, 0.15) is 5.82 Å². The maximum absolute atomic E-state index is 13.6. The molecule has 0 aliphatic heterocycles. The third-order valence-electron chi connectivity index (χ3n) is 3.03. The zero-order valence-electron chi connectivity index (χ0n) is 11.5. The maximum atomic E-state index is 13.6. The summed E-state index contributed by atoms with van der Waals surface area (Å²) in [5, 5.41) is 3.15. The molecule has 3 nitrogen and oxygen atoms in total. The Morgan fingerprint density at radius 2 is 2.05 bits per heavy atom. The monoisotopic (exact) mass is 259 g/mol. The van der Waals surface area contributed by atoms with E-state index in [1.807, 2.05) is 13.0 Å². The number of nitrogens with one attached hydrogen (secondary N) is 1. The zero-order valence-corrected chi connectivity index (χ0v) is 11.5. The molecule has 2 rings (SSSR count). The Balaban J connectivity index is 2.45. The maximum Gasteiger partial charge on any atom is 0.223 e. The summed E-state index contributed by atoms with van der Waals surface area (Å²) in [6.45, 7) is 6.61. The lowest BCUT2D eigenvalue weighted by Gasteiger charge is -2.11. The van der Waals surface area contributed by atoms with Crippen molar-refractivity contribution in [3.05, 3.63) is 41.3 Å². The van der Waals surface area contributed by atoms with E-state index in [1.54, 1.807) is 19.2 Å². The smallest absolute Gasteiger partial charge is 0.223 e. The molecule has 0 spiro atoms. The molecule has 0 amide bonds. The van der Waals surface area contributed by atoms with Gasteiger partial charge in [0.05, 0.1) is 5.69 Å². The van der Waals surface area contributed by atoms with Crippen LogP contribution in [0.3, 0.4) is 0 Å². The molecule has 100 valence electrons. The van der Waals surface area contributed by atoms with Crippen molar-refractivity contribution in [1.29, 1.82) is 0 Å². The highest BCUT2D eigenvalue weighted by Gasteiger charge is 2.11. The number of benzene rings is 1. The minimum atomic E-state index is -0.210. The van der Waals surface area contributed by atoms with Crippen molar-refractivity contribution >= 4 is 5.95 Å². The molecular weight excluding hydrogens is 241 g/mol. The minimum absolute atomic E-state index is 0.210. The third kappa shape index (κ3) is 2.89. The van der Waals surface area contributed by atoms with Crippen molar-refractivity contribution in [3.63, 3.8) is 0 Å². The van der Waals surface area contributed by atoms with Crippen molar-refractivity contribution in [1.82, 2.24) is 9.97 Å². The number of hydrogen-bond acceptors (Lipinski definition) is 3. The van der Waals surface area contributed by atoms with Crippen LogP contribution in [0.2, 0.25) is 0 Å². The van der Waals surface area contributed by atoms with Gasteiger partial charge >= 0.3 is 0 Å². The van der Waals surface area contributed by atoms with Crippen molar-refractivity contribution in [2.75, 3.05) is 11.9 Å². The number of aromatic nitrogens is 2. The lowest BCUT2D eigenvalue weighted by molar-refractivity contribution is 0.619. The standard InChI is InChI=1S/C15H18FN3/c1-4-8-17-15-18-9-10(2)14(19-15)12-6-5-7-13(16)11(12)3/h5-7,9H,4,8H2,1-3H3,(H,17,18,19). The molecule has 1 N–H and O–H groups in total. The summed E-state index contributed by atoms with van der Waals surface area (Å²) in [5.41, 5.74) is 3.16. The van der Waals surface area contributed by atoms with Gasteiger partial charge in [-0.2, -0.15) is 0 Å². The van der Waals surface area contributed by atoms with Gasteiger partial charge in [0.25, 0.3) is 0 Å². The Labute approximate surface area is 112 Å². The molecular formula is C15H18FN3. The van der Waals surface area contributed by atoms with Crippen LogP contribution in [0, 0.1) is 19.7 Å². The number of hydrogen-bond donors (Lipinski definition) is 1. The van der Waals surface area contributed by atoms with Crippen LogP contribution in [0.1, 0.15) is 24.5 Å². The van der Waals surface area contributed by atoms with Crippen molar-refractivity contribution in [3.8, 4) is 11.3 Å². The van der Waals surface area contributed by atoms with Gasteiger partial charge < -0.3 is 5.32 Å². The second-order valence-corrected chi connectivity index (χ2v) is 4.56. The molecule has 4 heteroatoms. The Kier molecular flexibility index (Phi) is 4.10. The molecule has 0 saturated heterocycles. The third-order valence-corrected chi connectivity index (χ3v) is 3.03. The highest BCUT2D eigenvalue weighted by molar-refractivity contribution is 5.67. The number of rotatable bonds is 4. The van der Waals surface area contributed by atoms with Crippen LogP contribution < -0.4 is 5.32 Å². The van der Waals surface area contributed by atoms with E-state index in [2.05, 4.69) is 22.2 Å². The second kappa shape index (κ2) is 5.78. The minimum Gasteiger partial charge on any atom is -0.354 e. The summed E-state index contributed by atoms with van der Waals surface area (Å²) >= 11 is 0. The highest BCUT2D eigenvalue weighted by atomic mass is 19.1. The molecule has 1 aromatic heterocycles. The lowest BCUT2D eigenvalue weighted by atomic mass is 10.0. The highest BCUT2D eigenvalue weighted by Crippen LogP contribution is 2.26. The van der Waals surface area contributed by atoms with Crippen LogP contribution in [0.5, 0.6) is 0 Å². The molecule has 0 aliphatic rings. The fourth-order valence-electron chi connectivity index (χ4n) is 1.90. The molecule has 19 heavy (non-hydrogen) atoms. The molecule has 1 aromatic carbocycles. The van der Waals surface area contributed by atoms with Gasteiger partial charge in [-0.1, -0.05) is 19.1 Å². The first kappa shape index (κ1) is 13.5. The van der Waals surface area contributed by atoms with Gasteiger partial charge in [-0.05, 0) is 37.5 Å². The topological polar surface area (TPSA) is 37.8 Å². The van der Waals surface area contributed by atoms with E-state index in [9.17, 15) is 4.39 Å². The van der Waals surface area contributed by atoms with Crippen LogP contribution in [-0.2, 0) is 0 Å². The molecule has 0 bridgehead atoms. The Hall–Kier alpha value is -1.97. The first-order valence-corrected chi connectivity index (χ1v) is 6.46. The van der Waals surface area contributed by atoms with Gasteiger partial charge in [0.15, 0.2) is 0 Å². The Bertz CT molecular complexity index is 582. The predicted octanol–water partition coefficient (Wildman–Crippen LogP) is 3.72. The summed E-state index contributed by atoms with van der Waals surface area (Å²) < 4.78 is 13.6. The number of nitrogens with zero attached hydrogens (tertiary/aromatic N) is 2. The predicted molar refractivity (Wildman–Crippen MR) is 75.7 cm³/mol. The van der Waals surface area contributed by atoms with E-state index in [0.717, 1.165) is 29.8 Å². The molecule has 0 fully saturated rings. The summed E-state index contributed by atoms with van der Waals surface area (Å²) in [7, 11) is 0. The van der Waals surface area contributed by atoms with Gasteiger partial charge in [-0.15, -0.1) is 0 Å². The second-order valence-electron chi connectivity index (χ2n) is 4.56. The molecule has 0 atom stereocenters. The molecule has 0 unspecified atom stereocenters. The molecule has 0 radical (unpaired) electrons. The number of anilines is 1. The molecule has 2 aromatic rings. The van der Waals surface area contributed by atoms with Crippen molar-refractivity contribution in [2.24, 2.45) is 0 Å². The van der Waals surface area contributed by atoms with Crippen molar-refractivity contribution in [2.45, 2.75) is 27.2 Å². The first-order valence-electron chi connectivity index (χ1n) is 6.46. The van der Waals surface area contributed by atoms with E-state index < -0.39 is 0 Å². The quantitative estimate of drug-likeness (QED) is 0.909.